The molecule has 0 saturated heterocycles. The van der Waals surface area contributed by atoms with Gasteiger partial charge in [0.15, 0.2) is 11.5 Å². The molecule has 33 heavy (non-hydrogen) atoms. The van der Waals surface area contributed by atoms with Gasteiger partial charge in [-0.15, -0.1) is 0 Å². The van der Waals surface area contributed by atoms with Crippen molar-refractivity contribution in [3.05, 3.63) is 85.8 Å². The van der Waals surface area contributed by atoms with E-state index in [2.05, 4.69) is 26.5 Å². The zero-order valence-corrected chi connectivity index (χ0v) is 21.0. The van der Waals surface area contributed by atoms with Crippen molar-refractivity contribution in [3.8, 4) is 17.2 Å². The number of hydrogen-bond donors (Lipinski definition) is 1. The maximum Gasteiger partial charge on any atom is 0.275 e. The van der Waals surface area contributed by atoms with E-state index in [1.54, 1.807) is 36.4 Å². The molecular weight excluding hydrogens is 531 g/mol. The van der Waals surface area contributed by atoms with Crippen LogP contribution in [0.25, 0.3) is 0 Å². The van der Waals surface area contributed by atoms with Gasteiger partial charge < -0.3 is 14.2 Å². The molecule has 172 valence electrons. The van der Waals surface area contributed by atoms with E-state index in [1.165, 1.54) is 13.3 Å². The van der Waals surface area contributed by atoms with Crippen LogP contribution in [0.15, 0.2) is 64.2 Å². The average molecular weight is 552 g/mol. The summed E-state index contributed by atoms with van der Waals surface area (Å²) in [6.45, 7) is 2.56. The van der Waals surface area contributed by atoms with Crippen LogP contribution in [0.2, 0.25) is 10.0 Å². The summed E-state index contributed by atoms with van der Waals surface area (Å²) >= 11 is 15.8. The highest BCUT2D eigenvalue weighted by Crippen LogP contribution is 2.37. The molecule has 3 aromatic rings. The summed E-state index contributed by atoms with van der Waals surface area (Å²) in [5.41, 5.74) is 4.36. The molecule has 0 heterocycles. The number of hydrogen-bond acceptors (Lipinski definition) is 5. The predicted molar refractivity (Wildman–Crippen MR) is 134 cm³/mol. The number of carbonyl (C=O) groups excluding carboxylic acids is 1. The molecule has 0 spiro atoms. The molecule has 0 aliphatic rings. The zero-order chi connectivity index (χ0) is 23.8. The zero-order valence-electron chi connectivity index (χ0n) is 17.9. The quantitative estimate of drug-likeness (QED) is 0.243. The van der Waals surface area contributed by atoms with E-state index < -0.39 is 5.91 Å². The number of halogens is 3. The SMILES string of the molecule is CCOc1cc(/C=N\NC(=O)c2cc(Br)ccc2OC)cc(Cl)c1OCc1cccc(Cl)c1. The highest BCUT2D eigenvalue weighted by atomic mass is 79.9. The summed E-state index contributed by atoms with van der Waals surface area (Å²) in [4.78, 5) is 12.5. The van der Waals surface area contributed by atoms with Crippen molar-refractivity contribution in [2.45, 2.75) is 13.5 Å². The van der Waals surface area contributed by atoms with Crippen molar-refractivity contribution in [1.29, 1.82) is 0 Å². The molecule has 9 heteroatoms. The Labute approximate surface area is 210 Å². The number of nitrogens with one attached hydrogen (secondary N) is 1. The number of benzene rings is 3. The van der Waals surface area contributed by atoms with Crippen LogP contribution in [0.3, 0.4) is 0 Å². The Bertz CT molecular complexity index is 1170. The minimum absolute atomic E-state index is 0.276. The molecule has 0 aromatic heterocycles. The molecule has 1 N–H and O–H groups in total. The van der Waals surface area contributed by atoms with Crippen LogP contribution in [-0.4, -0.2) is 25.8 Å². The third-order valence-electron chi connectivity index (χ3n) is 4.39. The molecule has 0 saturated carbocycles. The fourth-order valence-electron chi connectivity index (χ4n) is 2.93. The first-order chi connectivity index (χ1) is 15.9. The number of rotatable bonds is 9. The van der Waals surface area contributed by atoms with Gasteiger partial charge in [-0.2, -0.15) is 5.10 Å². The Morgan fingerprint density at radius 2 is 1.91 bits per heavy atom. The largest absolute Gasteiger partial charge is 0.496 e. The van der Waals surface area contributed by atoms with Gasteiger partial charge >= 0.3 is 0 Å². The first-order valence-corrected chi connectivity index (χ1v) is 11.5. The Hall–Kier alpha value is -2.74. The van der Waals surface area contributed by atoms with Gasteiger partial charge in [-0.1, -0.05) is 51.3 Å². The second kappa shape index (κ2) is 11.9. The topological polar surface area (TPSA) is 69.2 Å². The van der Waals surface area contributed by atoms with Gasteiger partial charge in [-0.05, 0) is 60.5 Å². The van der Waals surface area contributed by atoms with Gasteiger partial charge in [0.2, 0.25) is 0 Å². The van der Waals surface area contributed by atoms with Crippen LogP contribution in [0.5, 0.6) is 17.2 Å². The number of methoxy groups -OCH3 is 1. The first-order valence-electron chi connectivity index (χ1n) is 9.91. The van der Waals surface area contributed by atoms with Crippen LogP contribution in [0.1, 0.15) is 28.4 Å². The van der Waals surface area contributed by atoms with Gasteiger partial charge in [0.25, 0.3) is 5.91 Å². The predicted octanol–water partition coefficient (Wildman–Crippen LogP) is 6.51. The Balaban J connectivity index is 1.75. The van der Waals surface area contributed by atoms with E-state index in [4.69, 9.17) is 37.4 Å². The van der Waals surface area contributed by atoms with Gasteiger partial charge in [-0.3, -0.25) is 4.79 Å². The first kappa shape index (κ1) is 24.9. The molecule has 0 fully saturated rings. The molecule has 1 amide bonds. The number of hydrazone groups is 1. The summed E-state index contributed by atoms with van der Waals surface area (Å²) in [6, 6.07) is 15.9. The second-order valence-corrected chi connectivity index (χ2v) is 8.48. The van der Waals surface area contributed by atoms with Crippen LogP contribution < -0.4 is 19.6 Å². The molecule has 0 bridgehead atoms. The number of nitrogens with zero attached hydrogens (tertiary/aromatic N) is 1. The van der Waals surface area contributed by atoms with Gasteiger partial charge in [-0.25, -0.2) is 5.43 Å². The minimum atomic E-state index is -0.415. The van der Waals surface area contributed by atoms with Crippen molar-refractivity contribution < 1.29 is 19.0 Å². The smallest absolute Gasteiger partial charge is 0.275 e. The summed E-state index contributed by atoms with van der Waals surface area (Å²) in [7, 11) is 1.50. The fraction of sp³-hybridized carbons (Fsp3) is 0.167. The lowest BCUT2D eigenvalue weighted by molar-refractivity contribution is 0.0952. The molecule has 0 unspecified atom stereocenters. The van der Waals surface area contributed by atoms with Gasteiger partial charge in [0, 0.05) is 9.50 Å². The summed E-state index contributed by atoms with van der Waals surface area (Å²) < 4.78 is 17.6. The van der Waals surface area contributed by atoms with Crippen molar-refractivity contribution >= 4 is 51.3 Å². The minimum Gasteiger partial charge on any atom is -0.496 e. The van der Waals surface area contributed by atoms with Crippen molar-refractivity contribution in [1.82, 2.24) is 5.43 Å². The lowest BCUT2D eigenvalue weighted by Gasteiger charge is -2.14. The van der Waals surface area contributed by atoms with Gasteiger partial charge in [0.1, 0.15) is 12.4 Å². The van der Waals surface area contributed by atoms with Crippen molar-refractivity contribution in [2.75, 3.05) is 13.7 Å². The van der Waals surface area contributed by atoms with Crippen LogP contribution in [-0.2, 0) is 6.61 Å². The standard InChI is InChI=1S/C24H21BrCl2N2O4/c1-3-32-22-11-16(10-20(27)23(22)33-14-15-5-4-6-18(26)9-15)13-28-29-24(30)19-12-17(25)7-8-21(19)31-2/h4-13H,3,14H2,1-2H3,(H,29,30)/b28-13-. The normalized spacial score (nSPS) is 10.8. The van der Waals surface area contributed by atoms with Gasteiger partial charge in [0.05, 0.1) is 30.5 Å². The lowest BCUT2D eigenvalue weighted by Crippen LogP contribution is -2.18. The molecule has 0 aliphatic carbocycles. The molecule has 6 nitrogen and oxygen atoms in total. The maximum atomic E-state index is 12.5. The summed E-state index contributed by atoms with van der Waals surface area (Å²) in [6.07, 6.45) is 1.47. The Kier molecular flexibility index (Phi) is 9.00. The molecule has 3 rings (SSSR count). The third kappa shape index (κ3) is 6.87. The second-order valence-electron chi connectivity index (χ2n) is 6.73. The molecule has 0 atom stereocenters. The summed E-state index contributed by atoms with van der Waals surface area (Å²) in [5, 5.41) is 5.01. The highest BCUT2D eigenvalue weighted by molar-refractivity contribution is 9.10. The number of amides is 1. The number of carbonyl (C=O) groups is 1. The Morgan fingerprint density at radius 3 is 2.64 bits per heavy atom. The highest BCUT2D eigenvalue weighted by Gasteiger charge is 2.14. The van der Waals surface area contributed by atoms with E-state index in [0.717, 1.165) is 10.0 Å². The van der Waals surface area contributed by atoms with E-state index in [0.29, 0.717) is 45.0 Å². The Morgan fingerprint density at radius 1 is 1.09 bits per heavy atom. The maximum absolute atomic E-state index is 12.5. The third-order valence-corrected chi connectivity index (χ3v) is 5.40. The van der Waals surface area contributed by atoms with E-state index in [9.17, 15) is 4.79 Å². The lowest BCUT2D eigenvalue weighted by atomic mass is 10.2. The van der Waals surface area contributed by atoms with E-state index >= 15 is 0 Å². The molecule has 3 aromatic carbocycles. The molecule has 0 radical (unpaired) electrons. The summed E-state index contributed by atoms with van der Waals surface area (Å²) in [5.74, 6) is 0.905. The molecular formula is C24H21BrCl2N2O4. The van der Waals surface area contributed by atoms with E-state index in [1.807, 2.05) is 25.1 Å². The van der Waals surface area contributed by atoms with Crippen molar-refractivity contribution in [2.24, 2.45) is 5.10 Å². The van der Waals surface area contributed by atoms with Crippen LogP contribution >= 0.6 is 39.1 Å². The van der Waals surface area contributed by atoms with Crippen LogP contribution in [0, 0.1) is 0 Å². The molecule has 0 aliphatic heterocycles. The number of ether oxygens (including phenoxy) is 3. The average Bonchev–Trinajstić information content (AvgIpc) is 2.78. The van der Waals surface area contributed by atoms with E-state index in [-0.39, 0.29) is 6.61 Å². The monoisotopic (exact) mass is 550 g/mol. The fourth-order valence-corrected chi connectivity index (χ4v) is 3.78. The van der Waals surface area contributed by atoms with Crippen molar-refractivity contribution in [3.63, 3.8) is 0 Å². The van der Waals surface area contributed by atoms with Crippen LogP contribution in [0.4, 0.5) is 0 Å².